The molecule has 2 amide bonds. The van der Waals surface area contributed by atoms with Gasteiger partial charge in [-0.05, 0) is 262 Å². The third-order valence-corrected chi connectivity index (χ3v) is 30.1. The van der Waals surface area contributed by atoms with Gasteiger partial charge in [-0.25, -0.2) is 23.2 Å². The average molecular weight is 2030 g/mol. The molecule has 5 aliphatic heterocycles. The molecule has 762 valence electrons. The maximum Gasteiger partial charge on any atom is 0.338 e. The number of nitrogens with one attached hydrogen (secondary N) is 2. The Kier molecular flexibility index (Phi) is 27.5. The van der Waals surface area contributed by atoms with E-state index in [0.717, 1.165) is 183 Å². The molecular weight excluding hydrogens is 1920 g/mol. The first-order valence-electron chi connectivity index (χ1n) is 49.5. The SMILES string of the molecule is COC(=O)c1ccccc1-c1cccc(NC(=O)C2(c3ccc4c(c3)OCO4)CC2)n1.COc1ccc(-c2cccc(CC(=O)C3(c4ccc5c(c4)OCO5)CC3)n2)c(OC)c1.CS(=O)(=O)c1ccc(-c2cccc(NC(=O)C3(c4ccc5c(c4)OCO5)CC3)n2)cc1.Cc1ccc(-c2ccc(CC(=O)C3(c4ccc5c(c4)OCO5)CC3)nc2)cc1.NCc1cccc(-c2cccc(CC(=O)C3(c4ccc5c(c4)OCO5)CC3)n2)c1.[HH].[HH]. The largest absolute Gasteiger partial charge is 0.497 e. The molecule has 25 rings (SSSR count). The molecule has 0 bridgehead atoms. The van der Waals surface area contributed by atoms with E-state index >= 15 is 0 Å². The van der Waals surface area contributed by atoms with Gasteiger partial charge in [0, 0.05) is 92.1 Å². The quantitative estimate of drug-likeness (QED) is 0.0383. The van der Waals surface area contributed by atoms with Crippen molar-refractivity contribution in [2.24, 2.45) is 5.73 Å². The molecule has 0 unspecified atom stereocenters. The number of amides is 2. The number of nitrogens with zero attached hydrogens (tertiary/aromatic N) is 5. The van der Waals surface area contributed by atoms with Crippen LogP contribution in [-0.4, -0.2) is 130 Å². The van der Waals surface area contributed by atoms with E-state index in [0.29, 0.717) is 93.8 Å². The Bertz CT molecular complexity index is 7890. The van der Waals surface area contributed by atoms with E-state index in [4.69, 9.17) is 77.3 Å². The molecule has 4 N–H and O–H groups in total. The number of fused-ring (bicyclic) bond motifs is 5. The zero-order valence-electron chi connectivity index (χ0n) is 83.0. The lowest BCUT2D eigenvalue weighted by molar-refractivity contribution is -0.121. The molecular formula is C120H110N8O21S. The number of aryl methyl sites for hydroxylation is 1. The number of ether oxygens (including phenoxy) is 13. The maximum absolute atomic E-state index is 13.3. The second-order valence-electron chi connectivity index (χ2n) is 38.5. The predicted octanol–water partition coefficient (Wildman–Crippen LogP) is 20.7. The lowest BCUT2D eigenvalue weighted by Crippen LogP contribution is -2.28. The summed E-state index contributed by atoms with van der Waals surface area (Å²) in [6.45, 7) is 3.67. The molecule has 10 aromatic carbocycles. The lowest BCUT2D eigenvalue weighted by atomic mass is 9.88. The second-order valence-corrected chi connectivity index (χ2v) is 40.5. The van der Waals surface area contributed by atoms with Crippen molar-refractivity contribution in [3.05, 3.63) is 359 Å². The first-order valence-corrected chi connectivity index (χ1v) is 51.4. The summed E-state index contributed by atoms with van der Waals surface area (Å²) in [5, 5.41) is 5.88. The summed E-state index contributed by atoms with van der Waals surface area (Å²) in [7, 11) is 1.32. The topological polar surface area (TPSA) is 371 Å². The zero-order valence-corrected chi connectivity index (χ0v) is 83.8. The number of anilines is 2. The van der Waals surface area contributed by atoms with Crippen molar-refractivity contribution in [2.75, 3.05) is 72.2 Å². The summed E-state index contributed by atoms with van der Waals surface area (Å²) in [6, 6.07) is 90.7. The van der Waals surface area contributed by atoms with Gasteiger partial charge in [-0.2, -0.15) is 0 Å². The fourth-order valence-corrected chi connectivity index (χ4v) is 20.1. The minimum absolute atomic E-state index is 0. The molecule has 0 radical (unpaired) electrons. The Labute approximate surface area is 869 Å². The number of methoxy groups -OCH3 is 3. The van der Waals surface area contributed by atoms with Crippen molar-refractivity contribution in [2.45, 2.75) is 129 Å². The lowest BCUT2D eigenvalue weighted by Gasteiger charge is -2.16. The number of Topliss-reactive ketones (excluding diaryl/α,β-unsaturated/α-hetero) is 3. The molecule has 5 aliphatic carbocycles. The minimum Gasteiger partial charge on any atom is -0.497 e. The van der Waals surface area contributed by atoms with E-state index in [-0.39, 0.29) is 77.3 Å². The van der Waals surface area contributed by atoms with Crippen LogP contribution >= 0.6 is 0 Å². The molecule has 150 heavy (non-hydrogen) atoms. The molecule has 0 spiro atoms. The third-order valence-electron chi connectivity index (χ3n) is 29.0. The summed E-state index contributed by atoms with van der Waals surface area (Å²) in [5.74, 6) is 9.31. The van der Waals surface area contributed by atoms with Crippen LogP contribution in [0.4, 0.5) is 11.6 Å². The highest BCUT2D eigenvalue weighted by molar-refractivity contribution is 7.90. The van der Waals surface area contributed by atoms with Gasteiger partial charge >= 0.3 is 5.97 Å². The fraction of sp³-hybridized carbons (Fsp3) is 0.242. The van der Waals surface area contributed by atoms with Crippen LogP contribution < -0.4 is 73.2 Å². The monoisotopic (exact) mass is 2030 g/mol. The number of carbonyl (C=O) groups excluding carboxylic acids is 6. The number of benzene rings is 10. The van der Waals surface area contributed by atoms with Crippen molar-refractivity contribution < 1.29 is 102 Å². The molecule has 10 heterocycles. The number of rotatable bonds is 28. The van der Waals surface area contributed by atoms with Gasteiger partial charge in [0.1, 0.15) is 40.5 Å². The van der Waals surface area contributed by atoms with Crippen LogP contribution in [0.15, 0.2) is 302 Å². The fourth-order valence-electron chi connectivity index (χ4n) is 19.5. The number of hydrogen-bond donors (Lipinski definition) is 3. The van der Waals surface area contributed by atoms with Crippen LogP contribution in [0, 0.1) is 6.92 Å². The molecule has 0 atom stereocenters. The number of pyridine rings is 5. The Balaban J connectivity index is 0.000000119. The van der Waals surface area contributed by atoms with Crippen molar-refractivity contribution in [3.63, 3.8) is 0 Å². The normalized spacial score (nSPS) is 15.7. The molecule has 29 nitrogen and oxygen atoms in total. The summed E-state index contributed by atoms with van der Waals surface area (Å²) in [4.78, 5) is 101. The average Bonchev–Trinajstić information content (AvgIpc) is 1.60. The molecule has 5 fully saturated rings. The van der Waals surface area contributed by atoms with Crippen LogP contribution in [0.25, 0.3) is 56.2 Å². The van der Waals surface area contributed by atoms with E-state index in [1.807, 2.05) is 206 Å². The summed E-state index contributed by atoms with van der Waals surface area (Å²) < 4.78 is 93.2. The van der Waals surface area contributed by atoms with E-state index in [1.165, 1.54) is 18.9 Å². The summed E-state index contributed by atoms with van der Waals surface area (Å²) in [6.07, 6.45) is 12.2. The van der Waals surface area contributed by atoms with Gasteiger partial charge in [-0.1, -0.05) is 139 Å². The van der Waals surface area contributed by atoms with Crippen molar-refractivity contribution in [1.82, 2.24) is 24.9 Å². The smallest absolute Gasteiger partial charge is 0.338 e. The highest BCUT2D eigenvalue weighted by atomic mass is 32.2. The molecule has 30 heteroatoms. The Morgan fingerprint density at radius 3 is 1.17 bits per heavy atom. The molecule has 15 aromatic rings. The second kappa shape index (κ2) is 41.7. The van der Waals surface area contributed by atoms with Crippen LogP contribution in [0.5, 0.6) is 69.0 Å². The third kappa shape index (κ3) is 20.9. The van der Waals surface area contributed by atoms with E-state index in [1.54, 1.807) is 80.9 Å². The van der Waals surface area contributed by atoms with Gasteiger partial charge in [0.15, 0.2) is 67.3 Å². The standard InChI is InChI=1S/C25H23NO5.C24H20N2O5.C24H22N2O3.C24H21NO3.C23H20N2O5S.2H2/c1-28-18-7-8-19(22(14-18)29-2)20-5-3-4-17(26-20)13-24(27)25(10-11-25)16-6-9-21-23(12-16)31-15-30-21;1-29-22(27)17-6-3-2-5-16(17)18-7-4-8-21(25-18)26-23(28)24(11-12-24)15-9-10-19-20(13-15)31-14-30-19;25-14-16-3-1-4-17(11-16)20-6-2-5-19(26-20)13-23(27)24(9-10-24)18-7-8-21-22(12-18)29-15-28-21;1-16-2-4-17(5-3-16)18-6-8-20(25-14-18)13-23(26)24(10-11-24)19-7-9-21-22(12-19)28-15-27-21;1-31(27,28)17-8-5-15(6-9-17)18-3-2-4-21(24-18)25-22(26)23(11-12-23)16-7-10-19-20(13-16)30-14-29-19;;/h3-9,12,14H,10-11,13,15H2,1-2H3;2-10,13H,11-12,14H2,1H3,(H,25,26,28);1-8,11-12H,9-10,13-15,25H2;2-9,12,14H,10-11,13,15H2,1H3;2-10,13H,11-12,14H2,1H3,(H,24,25,26);2*1H. The minimum atomic E-state index is -3.26. The highest BCUT2D eigenvalue weighted by Gasteiger charge is 2.56. The number of esters is 1. The molecule has 5 aromatic heterocycles. The number of aromatic nitrogens is 5. The first-order chi connectivity index (χ1) is 72.9. The van der Waals surface area contributed by atoms with Gasteiger partial charge in [0.25, 0.3) is 0 Å². The van der Waals surface area contributed by atoms with Gasteiger partial charge in [-0.15, -0.1) is 0 Å². The van der Waals surface area contributed by atoms with E-state index < -0.39 is 42.9 Å². The zero-order chi connectivity index (χ0) is 103. The molecule has 10 aliphatic rings. The number of ketones is 3. The summed E-state index contributed by atoms with van der Waals surface area (Å²) >= 11 is 0. The molecule has 0 saturated heterocycles. The number of sulfone groups is 1. The first kappa shape index (κ1) is 98.9. The highest BCUT2D eigenvalue weighted by Crippen LogP contribution is 2.57. The van der Waals surface area contributed by atoms with Crippen molar-refractivity contribution >= 4 is 56.6 Å². The Morgan fingerprint density at radius 2 is 0.747 bits per heavy atom. The van der Waals surface area contributed by atoms with Gasteiger partial charge in [-0.3, -0.25) is 38.9 Å². The van der Waals surface area contributed by atoms with Crippen LogP contribution in [0.3, 0.4) is 0 Å². The van der Waals surface area contributed by atoms with E-state index in [2.05, 4.69) is 56.8 Å². The van der Waals surface area contributed by atoms with E-state index in [9.17, 15) is 37.2 Å². The van der Waals surface area contributed by atoms with Crippen molar-refractivity contribution in [1.29, 1.82) is 0 Å². The predicted molar refractivity (Wildman–Crippen MR) is 564 cm³/mol. The van der Waals surface area contributed by atoms with Gasteiger partial charge in [0.05, 0.1) is 81.6 Å². The van der Waals surface area contributed by atoms with Gasteiger partial charge in [0.2, 0.25) is 45.8 Å². The van der Waals surface area contributed by atoms with Crippen LogP contribution in [0.1, 0.15) is 133 Å². The van der Waals surface area contributed by atoms with Crippen LogP contribution in [-0.2, 0) is 91.4 Å². The van der Waals surface area contributed by atoms with Crippen LogP contribution in [0.2, 0.25) is 0 Å². The number of hydrogen-bond acceptors (Lipinski definition) is 27. The Hall–Kier alpha value is -17.1. The Morgan fingerprint density at radius 1 is 0.353 bits per heavy atom. The van der Waals surface area contributed by atoms with Gasteiger partial charge < -0.3 is 77.9 Å². The molecule has 5 saturated carbocycles. The maximum atomic E-state index is 13.3. The number of nitrogens with two attached hydrogens (primary N) is 1. The number of carbonyl (C=O) groups is 6. The summed E-state index contributed by atoms with van der Waals surface area (Å²) in [5.41, 5.74) is 21.5. The van der Waals surface area contributed by atoms with Crippen molar-refractivity contribution in [3.8, 4) is 125 Å².